The van der Waals surface area contributed by atoms with Crippen molar-refractivity contribution in [2.24, 2.45) is 0 Å². The first-order valence-electron chi connectivity index (χ1n) is 4.93. The zero-order chi connectivity index (χ0) is 12.0. The van der Waals surface area contributed by atoms with E-state index in [9.17, 15) is 9.18 Å². The predicted octanol–water partition coefficient (Wildman–Crippen LogP) is 1.29. The lowest BCUT2D eigenvalue weighted by Gasteiger charge is -2.12. The van der Waals surface area contributed by atoms with Crippen LogP contribution in [-0.4, -0.2) is 36.1 Å². The topological polar surface area (TPSA) is 40.5 Å². The second kappa shape index (κ2) is 6.02. The van der Waals surface area contributed by atoms with Crippen molar-refractivity contribution in [3.63, 3.8) is 0 Å². The molecule has 0 bridgehead atoms. The molecule has 0 unspecified atom stereocenters. The summed E-state index contributed by atoms with van der Waals surface area (Å²) in [5.74, 6) is -0.501. The fraction of sp³-hybridized carbons (Fsp3) is 0.250. The van der Waals surface area contributed by atoms with Crippen LogP contribution in [0, 0.1) is 5.82 Å². The summed E-state index contributed by atoms with van der Waals surface area (Å²) in [5, 5.41) is 8.64. The van der Waals surface area contributed by atoms with E-state index in [0.29, 0.717) is 6.54 Å². The summed E-state index contributed by atoms with van der Waals surface area (Å²) in [5.41, 5.74) is 0.757. The van der Waals surface area contributed by atoms with E-state index in [1.165, 1.54) is 23.1 Å². The fourth-order valence-electron chi connectivity index (χ4n) is 1.13. The first kappa shape index (κ1) is 12.4. The number of benzene rings is 1. The molecule has 1 aromatic carbocycles. The molecule has 0 aromatic heterocycles. The van der Waals surface area contributed by atoms with Gasteiger partial charge in [0.2, 0.25) is 5.91 Å². The summed E-state index contributed by atoms with van der Waals surface area (Å²) in [6.45, 7) is 0.235. The fourth-order valence-corrected chi connectivity index (χ4v) is 1.13. The zero-order valence-electron chi connectivity index (χ0n) is 9.06. The highest BCUT2D eigenvalue weighted by Gasteiger charge is 2.02. The lowest BCUT2D eigenvalue weighted by molar-refractivity contribution is -0.125. The summed E-state index contributed by atoms with van der Waals surface area (Å²) >= 11 is 0. The van der Waals surface area contributed by atoms with Gasteiger partial charge in [-0.2, -0.15) is 0 Å². The van der Waals surface area contributed by atoms with E-state index >= 15 is 0 Å². The Bertz CT molecular complexity index is 373. The van der Waals surface area contributed by atoms with Gasteiger partial charge < -0.3 is 10.0 Å². The summed E-state index contributed by atoms with van der Waals surface area (Å²) in [6, 6.07) is 5.85. The molecule has 0 aliphatic carbocycles. The van der Waals surface area contributed by atoms with Crippen LogP contribution in [-0.2, 0) is 4.79 Å². The molecule has 0 saturated heterocycles. The van der Waals surface area contributed by atoms with Gasteiger partial charge in [0.25, 0.3) is 0 Å². The van der Waals surface area contributed by atoms with Gasteiger partial charge in [-0.25, -0.2) is 4.39 Å². The van der Waals surface area contributed by atoms with Gasteiger partial charge in [-0.1, -0.05) is 12.1 Å². The molecule has 0 heterocycles. The van der Waals surface area contributed by atoms with E-state index < -0.39 is 0 Å². The number of hydrogen-bond donors (Lipinski definition) is 1. The van der Waals surface area contributed by atoms with Crippen molar-refractivity contribution in [3.8, 4) is 0 Å². The molecule has 0 spiro atoms. The van der Waals surface area contributed by atoms with E-state index in [4.69, 9.17) is 5.11 Å². The van der Waals surface area contributed by atoms with Crippen LogP contribution in [0.25, 0.3) is 6.08 Å². The molecule has 1 rings (SSSR count). The molecule has 3 nitrogen and oxygen atoms in total. The van der Waals surface area contributed by atoms with Gasteiger partial charge in [-0.3, -0.25) is 4.79 Å². The summed E-state index contributed by atoms with van der Waals surface area (Å²) < 4.78 is 12.6. The van der Waals surface area contributed by atoms with Gasteiger partial charge >= 0.3 is 0 Å². The van der Waals surface area contributed by atoms with Gasteiger partial charge in [-0.15, -0.1) is 0 Å². The van der Waals surface area contributed by atoms with Crippen LogP contribution in [0.1, 0.15) is 5.56 Å². The van der Waals surface area contributed by atoms with Crippen LogP contribution in [0.3, 0.4) is 0 Å². The normalized spacial score (nSPS) is 10.7. The van der Waals surface area contributed by atoms with E-state index in [1.54, 1.807) is 25.3 Å². The Morgan fingerprint density at radius 2 is 2.06 bits per heavy atom. The summed E-state index contributed by atoms with van der Waals surface area (Å²) in [6.07, 6.45) is 3.00. The van der Waals surface area contributed by atoms with Crippen molar-refractivity contribution in [2.75, 3.05) is 20.2 Å². The van der Waals surface area contributed by atoms with Crippen LogP contribution in [0.15, 0.2) is 30.3 Å². The summed E-state index contributed by atoms with van der Waals surface area (Å²) in [7, 11) is 1.60. The van der Waals surface area contributed by atoms with Crippen molar-refractivity contribution in [2.45, 2.75) is 0 Å². The standard InChI is InChI=1S/C12H14FNO2/c1-14(8-9-15)12(16)7-4-10-2-5-11(13)6-3-10/h2-7,15H,8-9H2,1H3/b7-4+. The largest absolute Gasteiger partial charge is 0.395 e. The lowest BCUT2D eigenvalue weighted by Crippen LogP contribution is -2.27. The molecular weight excluding hydrogens is 209 g/mol. The Labute approximate surface area is 93.8 Å². The number of carbonyl (C=O) groups excluding carboxylic acids is 1. The van der Waals surface area contributed by atoms with Crippen LogP contribution >= 0.6 is 0 Å². The monoisotopic (exact) mass is 223 g/mol. The molecule has 0 radical (unpaired) electrons. The SMILES string of the molecule is CN(CCO)C(=O)/C=C/c1ccc(F)cc1. The Balaban J connectivity index is 2.59. The highest BCUT2D eigenvalue weighted by Crippen LogP contribution is 2.04. The van der Waals surface area contributed by atoms with Gasteiger partial charge in [0, 0.05) is 19.7 Å². The zero-order valence-corrected chi connectivity index (χ0v) is 9.06. The van der Waals surface area contributed by atoms with Crippen molar-refractivity contribution in [1.29, 1.82) is 0 Å². The minimum absolute atomic E-state index is 0.0629. The Hall–Kier alpha value is -1.68. The van der Waals surface area contributed by atoms with Crippen LogP contribution in [0.2, 0.25) is 0 Å². The van der Waals surface area contributed by atoms with E-state index in [2.05, 4.69) is 0 Å². The lowest BCUT2D eigenvalue weighted by atomic mass is 10.2. The number of nitrogens with zero attached hydrogens (tertiary/aromatic N) is 1. The first-order chi connectivity index (χ1) is 7.63. The quantitative estimate of drug-likeness (QED) is 0.781. The van der Waals surface area contributed by atoms with Crippen molar-refractivity contribution >= 4 is 12.0 Å². The third kappa shape index (κ3) is 3.82. The first-order valence-corrected chi connectivity index (χ1v) is 4.93. The second-order valence-corrected chi connectivity index (χ2v) is 3.37. The van der Waals surface area contributed by atoms with Crippen LogP contribution in [0.4, 0.5) is 4.39 Å². The molecule has 0 atom stereocenters. The van der Waals surface area contributed by atoms with Crippen molar-refractivity contribution in [3.05, 3.63) is 41.7 Å². The van der Waals surface area contributed by atoms with Crippen molar-refractivity contribution in [1.82, 2.24) is 4.90 Å². The molecule has 0 saturated carbocycles. The van der Waals surface area contributed by atoms with Gasteiger partial charge in [0.05, 0.1) is 6.61 Å². The third-order valence-electron chi connectivity index (χ3n) is 2.10. The maximum Gasteiger partial charge on any atom is 0.246 e. The average molecular weight is 223 g/mol. The average Bonchev–Trinajstić information content (AvgIpc) is 2.28. The number of amides is 1. The minimum atomic E-state index is -0.305. The molecule has 0 fully saturated rings. The third-order valence-corrected chi connectivity index (χ3v) is 2.10. The van der Waals surface area contributed by atoms with Gasteiger partial charge in [0.15, 0.2) is 0 Å². The number of hydrogen-bond acceptors (Lipinski definition) is 2. The molecule has 0 aliphatic rings. The maximum absolute atomic E-state index is 12.6. The Morgan fingerprint density at radius 1 is 1.44 bits per heavy atom. The smallest absolute Gasteiger partial charge is 0.246 e. The van der Waals surface area contributed by atoms with Crippen molar-refractivity contribution < 1.29 is 14.3 Å². The molecule has 86 valence electrons. The van der Waals surface area contributed by atoms with Crippen LogP contribution < -0.4 is 0 Å². The molecule has 1 amide bonds. The Morgan fingerprint density at radius 3 is 2.62 bits per heavy atom. The van der Waals surface area contributed by atoms with Crippen LogP contribution in [0.5, 0.6) is 0 Å². The van der Waals surface area contributed by atoms with Gasteiger partial charge in [-0.05, 0) is 23.8 Å². The molecule has 1 N–H and O–H groups in total. The molecular formula is C12H14FNO2. The molecule has 16 heavy (non-hydrogen) atoms. The number of aliphatic hydroxyl groups is 1. The summed E-state index contributed by atoms with van der Waals surface area (Å²) in [4.78, 5) is 12.8. The highest BCUT2D eigenvalue weighted by atomic mass is 19.1. The van der Waals surface area contributed by atoms with E-state index in [-0.39, 0.29) is 18.3 Å². The number of likely N-dealkylation sites (N-methyl/N-ethyl adjacent to an activating group) is 1. The maximum atomic E-state index is 12.6. The second-order valence-electron chi connectivity index (χ2n) is 3.37. The van der Waals surface area contributed by atoms with Gasteiger partial charge in [0.1, 0.15) is 5.82 Å². The highest BCUT2D eigenvalue weighted by molar-refractivity contribution is 5.91. The Kier molecular flexibility index (Phi) is 4.66. The number of rotatable bonds is 4. The number of halogens is 1. The number of carbonyl (C=O) groups is 1. The minimum Gasteiger partial charge on any atom is -0.395 e. The number of aliphatic hydroxyl groups excluding tert-OH is 1. The van der Waals surface area contributed by atoms with E-state index in [1.807, 2.05) is 0 Å². The van der Waals surface area contributed by atoms with E-state index in [0.717, 1.165) is 5.56 Å². The predicted molar refractivity (Wildman–Crippen MR) is 60.2 cm³/mol. The molecule has 4 heteroatoms. The molecule has 0 aliphatic heterocycles. The molecule has 1 aromatic rings.